The van der Waals surface area contributed by atoms with Crippen LogP contribution in [-0.2, 0) is 13.9 Å². The van der Waals surface area contributed by atoms with Gasteiger partial charge in [0.05, 0.1) is 17.7 Å². The van der Waals surface area contributed by atoms with E-state index in [1.165, 1.54) is 24.3 Å². The average Bonchev–Trinajstić information content (AvgIpc) is 2.82. The lowest BCUT2D eigenvalue weighted by Gasteiger charge is -2.17. The first-order chi connectivity index (χ1) is 17.2. The maximum Gasteiger partial charge on any atom is 0.511 e. The lowest BCUT2D eigenvalue weighted by molar-refractivity contribution is -0.138. The zero-order valence-corrected chi connectivity index (χ0v) is 20.6. The number of pyridine rings is 1. The van der Waals surface area contributed by atoms with Crippen LogP contribution in [-0.4, -0.2) is 40.0 Å². The maximum atomic E-state index is 16.0. The number of benzene rings is 2. The SMILES string of the molecule is CC(C)c1nc(-c2ccccc2)c(F)c(-c2ccc(F)cc2)c1C#CCO[P+](=O)CC(O)CC(=O)O. The van der Waals surface area contributed by atoms with Gasteiger partial charge in [-0.1, -0.05) is 68.2 Å². The maximum absolute atomic E-state index is 16.0. The molecule has 9 heteroatoms. The highest BCUT2D eigenvalue weighted by molar-refractivity contribution is 7.39. The zero-order chi connectivity index (χ0) is 26.2. The summed E-state index contributed by atoms with van der Waals surface area (Å²) in [5.74, 6) is 3.17. The van der Waals surface area contributed by atoms with Gasteiger partial charge in [0.1, 0.15) is 17.6 Å². The van der Waals surface area contributed by atoms with E-state index < -0.39 is 38.2 Å². The Morgan fingerprint density at radius 3 is 2.36 bits per heavy atom. The molecule has 2 unspecified atom stereocenters. The van der Waals surface area contributed by atoms with E-state index in [9.17, 15) is 18.9 Å². The summed E-state index contributed by atoms with van der Waals surface area (Å²) in [7, 11) is -2.35. The van der Waals surface area contributed by atoms with Crippen molar-refractivity contribution in [2.45, 2.75) is 32.3 Å². The average molecular weight is 512 g/mol. The van der Waals surface area contributed by atoms with Crippen LogP contribution in [0.2, 0.25) is 0 Å². The number of rotatable bonds is 9. The number of carboxylic acids is 1. The van der Waals surface area contributed by atoms with Crippen LogP contribution in [0.4, 0.5) is 8.78 Å². The van der Waals surface area contributed by atoms with E-state index in [0.717, 1.165) is 0 Å². The molecular weight excluding hydrogens is 487 g/mol. The van der Waals surface area contributed by atoms with Gasteiger partial charge in [-0.3, -0.25) is 4.79 Å². The van der Waals surface area contributed by atoms with E-state index in [1.807, 2.05) is 19.9 Å². The number of aliphatic hydroxyl groups is 1. The second-order valence-electron chi connectivity index (χ2n) is 8.28. The molecule has 1 heterocycles. The van der Waals surface area contributed by atoms with Gasteiger partial charge >= 0.3 is 14.0 Å². The normalized spacial score (nSPS) is 12.1. The fourth-order valence-corrected chi connectivity index (χ4v) is 4.31. The van der Waals surface area contributed by atoms with E-state index in [-0.39, 0.29) is 29.9 Å². The molecule has 186 valence electrons. The van der Waals surface area contributed by atoms with Crippen LogP contribution in [0.3, 0.4) is 0 Å². The van der Waals surface area contributed by atoms with Crippen LogP contribution in [0.1, 0.15) is 37.4 Å². The van der Waals surface area contributed by atoms with Gasteiger partial charge in [0, 0.05) is 11.1 Å². The zero-order valence-electron chi connectivity index (χ0n) is 19.7. The molecule has 0 aliphatic rings. The van der Waals surface area contributed by atoms with Gasteiger partial charge in [0.2, 0.25) is 6.16 Å². The molecule has 0 aliphatic heterocycles. The van der Waals surface area contributed by atoms with E-state index >= 15 is 4.39 Å². The van der Waals surface area contributed by atoms with Crippen molar-refractivity contribution in [1.29, 1.82) is 0 Å². The van der Waals surface area contributed by atoms with Crippen molar-refractivity contribution < 1.29 is 32.9 Å². The van der Waals surface area contributed by atoms with Crippen molar-refractivity contribution in [1.82, 2.24) is 4.98 Å². The van der Waals surface area contributed by atoms with Crippen molar-refractivity contribution in [3.8, 4) is 34.2 Å². The summed E-state index contributed by atoms with van der Waals surface area (Å²) in [6, 6.07) is 14.3. The van der Waals surface area contributed by atoms with E-state index in [0.29, 0.717) is 22.4 Å². The predicted molar refractivity (Wildman–Crippen MR) is 133 cm³/mol. The van der Waals surface area contributed by atoms with Gasteiger partial charge in [-0.05, 0) is 28.2 Å². The summed E-state index contributed by atoms with van der Waals surface area (Å²) in [5, 5.41) is 18.3. The first-order valence-electron chi connectivity index (χ1n) is 11.2. The minimum absolute atomic E-state index is 0.139. The summed E-state index contributed by atoms with van der Waals surface area (Å²) >= 11 is 0. The molecule has 0 fully saturated rings. The molecule has 1 aromatic heterocycles. The number of halogens is 2. The molecule has 0 bridgehead atoms. The van der Waals surface area contributed by atoms with Crippen LogP contribution in [0.15, 0.2) is 54.6 Å². The van der Waals surface area contributed by atoms with E-state index in [4.69, 9.17) is 9.63 Å². The fourth-order valence-electron chi connectivity index (χ4n) is 3.52. The molecule has 3 aromatic rings. The third-order valence-corrected chi connectivity index (χ3v) is 6.29. The lowest BCUT2D eigenvalue weighted by atomic mass is 9.92. The Morgan fingerprint density at radius 2 is 1.75 bits per heavy atom. The molecule has 0 amide bonds. The van der Waals surface area contributed by atoms with E-state index in [2.05, 4.69) is 16.8 Å². The number of aliphatic carboxylic acids is 1. The molecule has 2 aromatic carbocycles. The number of hydrogen-bond donors (Lipinski definition) is 2. The number of carboxylic acid groups (broad SMARTS) is 1. The minimum atomic E-state index is -2.35. The van der Waals surface area contributed by atoms with Gasteiger partial charge in [0.25, 0.3) is 0 Å². The second kappa shape index (κ2) is 12.5. The largest absolute Gasteiger partial charge is 0.511 e. The van der Waals surface area contributed by atoms with Crippen molar-refractivity contribution >= 4 is 14.0 Å². The molecule has 0 radical (unpaired) electrons. The Morgan fingerprint density at radius 1 is 1.08 bits per heavy atom. The molecular formula is C27H25F2NO5P+. The van der Waals surface area contributed by atoms with Gasteiger partial charge in [0.15, 0.2) is 12.4 Å². The molecule has 6 nitrogen and oxygen atoms in total. The van der Waals surface area contributed by atoms with Crippen LogP contribution in [0.25, 0.3) is 22.4 Å². The Labute approximate surface area is 208 Å². The molecule has 3 rings (SSSR count). The van der Waals surface area contributed by atoms with Crippen molar-refractivity contribution in [2.24, 2.45) is 0 Å². The highest BCUT2D eigenvalue weighted by Crippen LogP contribution is 2.36. The third kappa shape index (κ3) is 7.02. The van der Waals surface area contributed by atoms with Crippen LogP contribution < -0.4 is 0 Å². The number of carbonyl (C=O) groups is 1. The molecule has 2 N–H and O–H groups in total. The van der Waals surface area contributed by atoms with Gasteiger partial charge in [-0.2, -0.15) is 0 Å². The number of aromatic nitrogens is 1. The van der Waals surface area contributed by atoms with Gasteiger partial charge in [-0.15, -0.1) is 4.52 Å². The topological polar surface area (TPSA) is 96.7 Å². The summed E-state index contributed by atoms with van der Waals surface area (Å²) in [5.41, 5.74) is 2.16. The molecule has 36 heavy (non-hydrogen) atoms. The van der Waals surface area contributed by atoms with Crippen molar-refractivity contribution in [3.63, 3.8) is 0 Å². The van der Waals surface area contributed by atoms with Gasteiger partial charge < -0.3 is 10.2 Å². The van der Waals surface area contributed by atoms with Crippen molar-refractivity contribution in [2.75, 3.05) is 12.8 Å². The number of hydrogen-bond acceptors (Lipinski definition) is 5. The highest BCUT2D eigenvalue weighted by Gasteiger charge is 2.25. The molecule has 0 saturated heterocycles. The third-order valence-electron chi connectivity index (χ3n) is 5.16. The first kappa shape index (κ1) is 27.1. The Balaban J connectivity index is 2.02. The number of nitrogens with zero attached hydrogens (tertiary/aromatic N) is 1. The second-order valence-corrected chi connectivity index (χ2v) is 9.57. The predicted octanol–water partition coefficient (Wildman–Crippen LogP) is 5.76. The van der Waals surface area contributed by atoms with Crippen LogP contribution >= 0.6 is 8.03 Å². The monoisotopic (exact) mass is 512 g/mol. The summed E-state index contributed by atoms with van der Waals surface area (Å²) in [4.78, 5) is 15.2. The summed E-state index contributed by atoms with van der Waals surface area (Å²) in [6.45, 7) is 3.50. The Kier molecular flexibility index (Phi) is 9.38. The summed E-state index contributed by atoms with van der Waals surface area (Å²) in [6.07, 6.45) is -2.20. The van der Waals surface area contributed by atoms with Crippen LogP contribution in [0, 0.1) is 23.5 Å². The van der Waals surface area contributed by atoms with Crippen LogP contribution in [0.5, 0.6) is 0 Å². The molecule has 0 aliphatic carbocycles. The van der Waals surface area contributed by atoms with E-state index in [1.54, 1.807) is 24.3 Å². The fraction of sp³-hybridized carbons (Fsp3) is 0.259. The Hall–Kier alpha value is -3.50. The number of aliphatic hydroxyl groups excluding tert-OH is 1. The molecule has 0 saturated carbocycles. The lowest BCUT2D eigenvalue weighted by Crippen LogP contribution is -2.15. The molecule has 2 atom stereocenters. The first-order valence-corrected chi connectivity index (χ1v) is 12.5. The van der Waals surface area contributed by atoms with Gasteiger partial charge in [-0.25, -0.2) is 13.8 Å². The molecule has 0 spiro atoms. The highest BCUT2D eigenvalue weighted by atomic mass is 31.1. The van der Waals surface area contributed by atoms with Crippen molar-refractivity contribution in [3.05, 3.63) is 77.5 Å². The minimum Gasteiger partial charge on any atom is -0.481 e. The summed E-state index contributed by atoms with van der Waals surface area (Å²) < 4.78 is 46.7. The smallest absolute Gasteiger partial charge is 0.481 e. The Bertz CT molecular complexity index is 1300. The standard InChI is InChI=1S/C27H24F2NO5P/c1-17(2)26-22(9-6-14-35-36(34)16-21(31)15-23(32)33)24(18-10-12-20(28)13-11-18)25(29)27(30-26)19-7-4-3-5-8-19/h3-5,7-8,10-13,17,21,31H,14-16H2,1-2H3/p+1. The quantitative estimate of drug-likeness (QED) is 0.279.